The molecular weight excluding hydrogens is 268 g/mol. The van der Waals surface area contributed by atoms with Crippen molar-refractivity contribution in [3.05, 3.63) is 36.9 Å². The minimum Gasteiger partial charge on any atom is -0.444 e. The fraction of sp³-hybridized carbons (Fsp3) is 0.333. The molecule has 0 atom stereocenters. The number of nitrogens with zero attached hydrogens (tertiary/aromatic N) is 2. The van der Waals surface area contributed by atoms with E-state index in [4.69, 9.17) is 10.2 Å². The van der Waals surface area contributed by atoms with E-state index in [1.807, 2.05) is 24.3 Å². The quantitative estimate of drug-likeness (QED) is 0.906. The molecule has 0 bridgehead atoms. The second-order valence-corrected chi connectivity index (χ2v) is 5.19. The molecule has 3 N–H and O–H groups in total. The molecule has 1 aliphatic rings. The van der Waals surface area contributed by atoms with Crippen LogP contribution in [0.25, 0.3) is 11.3 Å². The molecule has 2 heterocycles. The van der Waals surface area contributed by atoms with Gasteiger partial charge in [0.15, 0.2) is 12.2 Å². The molecule has 1 aliphatic heterocycles. The van der Waals surface area contributed by atoms with Gasteiger partial charge < -0.3 is 20.4 Å². The Labute approximate surface area is 122 Å². The number of hydrogen-bond acceptors (Lipinski definition) is 4. The Hall–Kier alpha value is -2.50. The largest absolute Gasteiger partial charge is 0.444 e. The molecule has 1 saturated heterocycles. The maximum Gasteiger partial charge on any atom is 0.314 e. The summed E-state index contributed by atoms with van der Waals surface area (Å²) in [6.45, 7) is 1.41. The molecule has 1 fully saturated rings. The highest BCUT2D eigenvalue weighted by molar-refractivity contribution is 5.72. The van der Waals surface area contributed by atoms with E-state index in [1.54, 1.807) is 11.1 Å². The van der Waals surface area contributed by atoms with Crippen molar-refractivity contribution >= 4 is 11.7 Å². The lowest BCUT2D eigenvalue weighted by atomic mass is 10.0. The number of urea groups is 1. The van der Waals surface area contributed by atoms with Gasteiger partial charge in [-0.2, -0.15) is 0 Å². The van der Waals surface area contributed by atoms with E-state index in [2.05, 4.69) is 10.3 Å². The second kappa shape index (κ2) is 5.87. The lowest BCUT2D eigenvalue weighted by Crippen LogP contribution is -2.44. The zero-order valence-corrected chi connectivity index (χ0v) is 11.7. The molecule has 21 heavy (non-hydrogen) atoms. The maximum atomic E-state index is 11.1. The average Bonchev–Trinajstić information content (AvgIpc) is 3.02. The third kappa shape index (κ3) is 3.16. The Bertz CT molecular complexity index is 604. The number of primary amides is 1. The van der Waals surface area contributed by atoms with E-state index >= 15 is 0 Å². The minimum atomic E-state index is -0.333. The van der Waals surface area contributed by atoms with Crippen molar-refractivity contribution in [2.75, 3.05) is 18.4 Å². The smallest absolute Gasteiger partial charge is 0.314 e. The molecule has 110 valence electrons. The summed E-state index contributed by atoms with van der Waals surface area (Å²) in [7, 11) is 0. The first-order valence-corrected chi connectivity index (χ1v) is 7.02. The number of amides is 2. The summed E-state index contributed by atoms with van der Waals surface area (Å²) in [5.41, 5.74) is 7.33. The standard InChI is InChI=1S/C15H18N4O2/c16-15(20)19-6-4-12(5-7-19)18-13-3-1-2-11(8-13)14-9-17-10-21-14/h1-3,8-10,12,18H,4-7H2,(H2,16,20). The van der Waals surface area contributed by atoms with Crippen molar-refractivity contribution < 1.29 is 9.21 Å². The Kier molecular flexibility index (Phi) is 3.77. The number of piperidine rings is 1. The van der Waals surface area contributed by atoms with Gasteiger partial charge in [-0.1, -0.05) is 12.1 Å². The summed E-state index contributed by atoms with van der Waals surface area (Å²) in [5.74, 6) is 0.752. The molecule has 2 amide bonds. The number of anilines is 1. The first-order valence-electron chi connectivity index (χ1n) is 7.02. The van der Waals surface area contributed by atoms with Gasteiger partial charge in [0, 0.05) is 30.4 Å². The van der Waals surface area contributed by atoms with Gasteiger partial charge in [-0.3, -0.25) is 0 Å². The van der Waals surface area contributed by atoms with Crippen LogP contribution < -0.4 is 11.1 Å². The predicted octanol–water partition coefficient (Wildman–Crippen LogP) is 2.30. The summed E-state index contributed by atoms with van der Waals surface area (Å²) in [6.07, 6.45) is 4.92. The predicted molar refractivity (Wildman–Crippen MR) is 79.7 cm³/mol. The first kappa shape index (κ1) is 13.5. The number of likely N-dealkylation sites (tertiary alicyclic amines) is 1. The lowest BCUT2D eigenvalue weighted by molar-refractivity contribution is 0.193. The zero-order chi connectivity index (χ0) is 14.7. The van der Waals surface area contributed by atoms with Crippen LogP contribution in [0, 0.1) is 0 Å². The average molecular weight is 286 g/mol. The van der Waals surface area contributed by atoms with E-state index in [9.17, 15) is 4.79 Å². The number of oxazole rings is 1. The Morgan fingerprint density at radius 1 is 1.38 bits per heavy atom. The van der Waals surface area contributed by atoms with Crippen molar-refractivity contribution in [2.24, 2.45) is 5.73 Å². The van der Waals surface area contributed by atoms with E-state index in [0.717, 1.165) is 29.9 Å². The third-order valence-corrected chi connectivity index (χ3v) is 3.76. The normalized spacial score (nSPS) is 15.9. The number of hydrogen-bond donors (Lipinski definition) is 2. The van der Waals surface area contributed by atoms with E-state index in [0.29, 0.717) is 19.1 Å². The highest BCUT2D eigenvalue weighted by Gasteiger charge is 2.21. The SMILES string of the molecule is NC(=O)N1CCC(Nc2cccc(-c3cnco3)c2)CC1. The van der Waals surface area contributed by atoms with Crippen molar-refractivity contribution in [3.8, 4) is 11.3 Å². The van der Waals surface area contributed by atoms with Crippen molar-refractivity contribution in [3.63, 3.8) is 0 Å². The summed E-state index contributed by atoms with van der Waals surface area (Å²) in [5, 5.41) is 3.50. The van der Waals surface area contributed by atoms with Crippen molar-refractivity contribution in [1.82, 2.24) is 9.88 Å². The highest BCUT2D eigenvalue weighted by atomic mass is 16.3. The van der Waals surface area contributed by atoms with Crippen LogP contribution in [0.1, 0.15) is 12.8 Å². The molecule has 0 saturated carbocycles. The summed E-state index contributed by atoms with van der Waals surface area (Å²) in [6, 6.07) is 8.06. The Balaban J connectivity index is 1.64. The molecule has 0 aliphatic carbocycles. The number of rotatable bonds is 3. The molecule has 0 radical (unpaired) electrons. The minimum absolute atomic E-state index is 0.333. The van der Waals surface area contributed by atoms with Gasteiger partial charge in [0.25, 0.3) is 0 Å². The Morgan fingerprint density at radius 2 is 2.19 bits per heavy atom. The van der Waals surface area contributed by atoms with E-state index < -0.39 is 0 Å². The van der Waals surface area contributed by atoms with Crippen molar-refractivity contribution in [2.45, 2.75) is 18.9 Å². The van der Waals surface area contributed by atoms with Crippen LogP contribution in [-0.2, 0) is 0 Å². The highest BCUT2D eigenvalue weighted by Crippen LogP contribution is 2.23. The molecule has 1 aromatic heterocycles. The van der Waals surface area contributed by atoms with E-state index in [-0.39, 0.29) is 6.03 Å². The van der Waals surface area contributed by atoms with Crippen LogP contribution in [0.3, 0.4) is 0 Å². The fourth-order valence-electron chi connectivity index (χ4n) is 2.60. The molecular formula is C15H18N4O2. The Morgan fingerprint density at radius 3 is 2.86 bits per heavy atom. The van der Waals surface area contributed by atoms with Crippen molar-refractivity contribution in [1.29, 1.82) is 0 Å². The monoisotopic (exact) mass is 286 g/mol. The molecule has 3 rings (SSSR count). The number of nitrogens with one attached hydrogen (secondary N) is 1. The summed E-state index contributed by atoms with van der Waals surface area (Å²) < 4.78 is 5.31. The van der Waals surface area contributed by atoms with Crippen LogP contribution in [0.4, 0.5) is 10.5 Å². The van der Waals surface area contributed by atoms with E-state index in [1.165, 1.54) is 6.39 Å². The number of nitrogens with two attached hydrogens (primary N) is 1. The number of aromatic nitrogens is 1. The van der Waals surface area contributed by atoms with Crippen LogP contribution >= 0.6 is 0 Å². The molecule has 0 unspecified atom stereocenters. The van der Waals surface area contributed by atoms with Crippen LogP contribution in [0.5, 0.6) is 0 Å². The number of benzene rings is 1. The zero-order valence-electron chi connectivity index (χ0n) is 11.7. The molecule has 6 nitrogen and oxygen atoms in total. The molecule has 0 spiro atoms. The van der Waals surface area contributed by atoms with Gasteiger partial charge >= 0.3 is 6.03 Å². The summed E-state index contributed by atoms with van der Waals surface area (Å²) >= 11 is 0. The maximum absolute atomic E-state index is 11.1. The van der Waals surface area contributed by atoms with Gasteiger partial charge in [0.05, 0.1) is 6.20 Å². The molecule has 1 aromatic carbocycles. The topological polar surface area (TPSA) is 84.4 Å². The lowest BCUT2D eigenvalue weighted by Gasteiger charge is -2.31. The van der Waals surface area contributed by atoms with Gasteiger partial charge in [-0.05, 0) is 25.0 Å². The molecule has 2 aromatic rings. The van der Waals surface area contributed by atoms with Gasteiger partial charge in [-0.15, -0.1) is 0 Å². The second-order valence-electron chi connectivity index (χ2n) is 5.19. The number of carbonyl (C=O) groups excluding carboxylic acids is 1. The van der Waals surface area contributed by atoms with Gasteiger partial charge in [-0.25, -0.2) is 9.78 Å². The fourth-order valence-corrected chi connectivity index (χ4v) is 2.60. The van der Waals surface area contributed by atoms with Gasteiger partial charge in [0.1, 0.15) is 0 Å². The van der Waals surface area contributed by atoms with Crippen LogP contribution in [0.2, 0.25) is 0 Å². The van der Waals surface area contributed by atoms with Crippen LogP contribution in [0.15, 0.2) is 41.3 Å². The van der Waals surface area contributed by atoms with Crippen LogP contribution in [-0.4, -0.2) is 35.0 Å². The third-order valence-electron chi connectivity index (χ3n) is 3.76. The summed E-state index contributed by atoms with van der Waals surface area (Å²) in [4.78, 5) is 16.7. The van der Waals surface area contributed by atoms with Gasteiger partial charge in [0.2, 0.25) is 0 Å². The number of carbonyl (C=O) groups is 1. The molecule has 6 heteroatoms. The first-order chi connectivity index (χ1) is 10.2.